The SMILES string of the molecule is c1ccc(-c2nccc(N3CCCCC3Cn3cncn3)n2)cc1. The Labute approximate surface area is 141 Å². The zero-order valence-electron chi connectivity index (χ0n) is 13.5. The van der Waals surface area contributed by atoms with Crippen molar-refractivity contribution in [1.29, 1.82) is 0 Å². The van der Waals surface area contributed by atoms with Crippen molar-refractivity contribution in [3.8, 4) is 11.4 Å². The van der Waals surface area contributed by atoms with Gasteiger partial charge in [0.25, 0.3) is 0 Å². The molecule has 24 heavy (non-hydrogen) atoms. The number of anilines is 1. The van der Waals surface area contributed by atoms with Crippen LogP contribution in [0.5, 0.6) is 0 Å². The quantitative estimate of drug-likeness (QED) is 0.740. The second kappa shape index (κ2) is 6.78. The third-order valence-corrected chi connectivity index (χ3v) is 4.46. The molecular formula is C18H20N6. The lowest BCUT2D eigenvalue weighted by Gasteiger charge is -2.36. The molecule has 4 rings (SSSR count). The minimum absolute atomic E-state index is 0.388. The number of rotatable bonds is 4. The summed E-state index contributed by atoms with van der Waals surface area (Å²) in [4.78, 5) is 15.7. The average Bonchev–Trinajstić information content (AvgIpc) is 3.16. The first-order chi connectivity index (χ1) is 11.9. The predicted octanol–water partition coefficient (Wildman–Crippen LogP) is 2.79. The molecule has 6 heteroatoms. The van der Waals surface area contributed by atoms with Gasteiger partial charge in [0, 0.05) is 18.3 Å². The third-order valence-electron chi connectivity index (χ3n) is 4.46. The Kier molecular flexibility index (Phi) is 4.18. The molecule has 0 aliphatic carbocycles. The maximum atomic E-state index is 4.82. The number of nitrogens with zero attached hydrogens (tertiary/aromatic N) is 6. The minimum Gasteiger partial charge on any atom is -0.352 e. The molecule has 0 bridgehead atoms. The van der Waals surface area contributed by atoms with E-state index in [2.05, 4.69) is 20.0 Å². The molecule has 0 spiro atoms. The van der Waals surface area contributed by atoms with Crippen LogP contribution in [0, 0.1) is 0 Å². The van der Waals surface area contributed by atoms with Crippen LogP contribution in [-0.4, -0.2) is 37.3 Å². The van der Waals surface area contributed by atoms with Crippen LogP contribution >= 0.6 is 0 Å². The Bertz CT molecular complexity index is 771. The zero-order chi connectivity index (χ0) is 16.2. The Morgan fingerprint density at radius 2 is 2.00 bits per heavy atom. The number of hydrogen-bond acceptors (Lipinski definition) is 5. The van der Waals surface area contributed by atoms with Crippen LogP contribution in [0.1, 0.15) is 19.3 Å². The largest absolute Gasteiger partial charge is 0.352 e. The van der Waals surface area contributed by atoms with E-state index >= 15 is 0 Å². The van der Waals surface area contributed by atoms with E-state index in [0.29, 0.717) is 6.04 Å². The monoisotopic (exact) mass is 320 g/mol. The second-order valence-corrected chi connectivity index (χ2v) is 6.06. The molecule has 1 aliphatic rings. The number of hydrogen-bond donors (Lipinski definition) is 0. The molecule has 1 aliphatic heterocycles. The first-order valence-electron chi connectivity index (χ1n) is 8.38. The maximum Gasteiger partial charge on any atom is 0.161 e. The van der Waals surface area contributed by atoms with Gasteiger partial charge in [-0.3, -0.25) is 4.68 Å². The van der Waals surface area contributed by atoms with Crippen LogP contribution < -0.4 is 4.90 Å². The molecule has 0 amide bonds. The Hall–Kier alpha value is -2.76. The summed E-state index contributed by atoms with van der Waals surface area (Å²) in [5, 5.41) is 4.25. The summed E-state index contributed by atoms with van der Waals surface area (Å²) in [6.07, 6.45) is 8.80. The first kappa shape index (κ1) is 14.8. The summed E-state index contributed by atoms with van der Waals surface area (Å²) < 4.78 is 1.91. The molecule has 1 atom stereocenters. The lowest BCUT2D eigenvalue weighted by Crippen LogP contribution is -2.42. The van der Waals surface area contributed by atoms with Gasteiger partial charge in [-0.1, -0.05) is 30.3 Å². The molecule has 0 N–H and O–H groups in total. The molecule has 6 nitrogen and oxygen atoms in total. The number of piperidine rings is 1. The van der Waals surface area contributed by atoms with Gasteiger partial charge in [-0.2, -0.15) is 5.10 Å². The van der Waals surface area contributed by atoms with Gasteiger partial charge >= 0.3 is 0 Å². The molecule has 0 radical (unpaired) electrons. The molecule has 122 valence electrons. The van der Waals surface area contributed by atoms with Gasteiger partial charge in [0.15, 0.2) is 5.82 Å². The van der Waals surface area contributed by atoms with E-state index in [-0.39, 0.29) is 0 Å². The van der Waals surface area contributed by atoms with Crippen LogP contribution in [0.25, 0.3) is 11.4 Å². The smallest absolute Gasteiger partial charge is 0.161 e. The summed E-state index contributed by atoms with van der Waals surface area (Å²) in [6, 6.07) is 12.5. The molecular weight excluding hydrogens is 300 g/mol. The van der Waals surface area contributed by atoms with E-state index in [1.165, 1.54) is 12.8 Å². The highest BCUT2D eigenvalue weighted by molar-refractivity contribution is 5.57. The fraction of sp³-hybridized carbons (Fsp3) is 0.333. The van der Waals surface area contributed by atoms with Crippen LogP contribution in [0.2, 0.25) is 0 Å². The lowest BCUT2D eigenvalue weighted by atomic mass is 10.0. The lowest BCUT2D eigenvalue weighted by molar-refractivity contribution is 0.396. The van der Waals surface area contributed by atoms with Crippen molar-refractivity contribution in [2.75, 3.05) is 11.4 Å². The van der Waals surface area contributed by atoms with Crippen molar-refractivity contribution < 1.29 is 0 Å². The van der Waals surface area contributed by atoms with E-state index in [1.807, 2.05) is 47.3 Å². The van der Waals surface area contributed by atoms with E-state index in [9.17, 15) is 0 Å². The van der Waals surface area contributed by atoms with E-state index in [1.54, 1.807) is 12.7 Å². The van der Waals surface area contributed by atoms with E-state index in [4.69, 9.17) is 4.98 Å². The number of benzene rings is 1. The maximum absolute atomic E-state index is 4.82. The van der Waals surface area contributed by atoms with Crippen LogP contribution in [0.4, 0.5) is 5.82 Å². The van der Waals surface area contributed by atoms with Gasteiger partial charge in [-0.05, 0) is 25.3 Å². The fourth-order valence-corrected chi connectivity index (χ4v) is 3.27. The van der Waals surface area contributed by atoms with Gasteiger partial charge in [0.2, 0.25) is 0 Å². The first-order valence-corrected chi connectivity index (χ1v) is 8.38. The van der Waals surface area contributed by atoms with Crippen molar-refractivity contribution in [2.45, 2.75) is 31.8 Å². The van der Waals surface area contributed by atoms with Crippen molar-refractivity contribution in [3.63, 3.8) is 0 Å². The third kappa shape index (κ3) is 3.13. The minimum atomic E-state index is 0.388. The zero-order valence-corrected chi connectivity index (χ0v) is 13.5. The molecule has 1 aromatic carbocycles. The molecule has 2 aromatic heterocycles. The molecule has 3 aromatic rings. The Morgan fingerprint density at radius 3 is 2.83 bits per heavy atom. The van der Waals surface area contributed by atoms with Gasteiger partial charge in [-0.15, -0.1) is 0 Å². The van der Waals surface area contributed by atoms with E-state index in [0.717, 1.165) is 36.7 Å². The van der Waals surface area contributed by atoms with Crippen LogP contribution in [0.15, 0.2) is 55.2 Å². The van der Waals surface area contributed by atoms with Crippen LogP contribution in [-0.2, 0) is 6.54 Å². The Balaban J connectivity index is 1.61. The normalized spacial score (nSPS) is 17.8. The van der Waals surface area contributed by atoms with Gasteiger partial charge in [0.05, 0.1) is 12.6 Å². The summed E-state index contributed by atoms with van der Waals surface area (Å²) in [7, 11) is 0. The molecule has 1 fully saturated rings. The summed E-state index contributed by atoms with van der Waals surface area (Å²) >= 11 is 0. The fourth-order valence-electron chi connectivity index (χ4n) is 3.27. The number of aromatic nitrogens is 5. The molecule has 3 heterocycles. The summed E-state index contributed by atoms with van der Waals surface area (Å²) in [5.41, 5.74) is 1.05. The molecule has 1 unspecified atom stereocenters. The van der Waals surface area contributed by atoms with E-state index < -0.39 is 0 Å². The van der Waals surface area contributed by atoms with Crippen molar-refractivity contribution in [2.24, 2.45) is 0 Å². The van der Waals surface area contributed by atoms with Crippen molar-refractivity contribution in [3.05, 3.63) is 55.2 Å². The Morgan fingerprint density at radius 1 is 1.08 bits per heavy atom. The van der Waals surface area contributed by atoms with Gasteiger partial charge in [0.1, 0.15) is 18.5 Å². The highest BCUT2D eigenvalue weighted by Crippen LogP contribution is 2.25. The highest BCUT2D eigenvalue weighted by atomic mass is 15.3. The molecule has 0 saturated carbocycles. The van der Waals surface area contributed by atoms with Gasteiger partial charge in [-0.25, -0.2) is 15.0 Å². The standard InChI is InChI=1S/C18H20N6/c1-2-6-15(7-3-1)18-20-10-9-17(22-18)24-11-5-4-8-16(24)12-23-14-19-13-21-23/h1-3,6-7,9-10,13-14,16H,4-5,8,11-12H2. The highest BCUT2D eigenvalue weighted by Gasteiger charge is 2.24. The van der Waals surface area contributed by atoms with Crippen molar-refractivity contribution in [1.82, 2.24) is 24.7 Å². The topological polar surface area (TPSA) is 59.7 Å². The van der Waals surface area contributed by atoms with Crippen molar-refractivity contribution >= 4 is 5.82 Å². The second-order valence-electron chi connectivity index (χ2n) is 6.06. The summed E-state index contributed by atoms with van der Waals surface area (Å²) in [6.45, 7) is 1.86. The summed E-state index contributed by atoms with van der Waals surface area (Å²) in [5.74, 6) is 1.77. The molecule has 1 saturated heterocycles. The van der Waals surface area contributed by atoms with Crippen LogP contribution in [0.3, 0.4) is 0 Å². The average molecular weight is 320 g/mol. The van der Waals surface area contributed by atoms with Gasteiger partial charge < -0.3 is 4.90 Å². The predicted molar refractivity (Wildman–Crippen MR) is 92.5 cm³/mol.